The van der Waals surface area contributed by atoms with Crippen molar-refractivity contribution in [1.82, 2.24) is 5.32 Å². The van der Waals surface area contributed by atoms with Gasteiger partial charge in [-0.1, -0.05) is 48.5 Å². The van der Waals surface area contributed by atoms with Crippen LogP contribution in [0.25, 0.3) is 6.08 Å². The maximum Gasteiger partial charge on any atom is 0.264 e. The third-order valence-electron chi connectivity index (χ3n) is 4.53. The van der Waals surface area contributed by atoms with Gasteiger partial charge in [0.15, 0.2) is 16.7 Å². The normalized spacial score (nSPS) is 15.8. The fraction of sp³-hybridized carbons (Fsp3) is 0.120. The van der Waals surface area contributed by atoms with Gasteiger partial charge < -0.3 is 14.8 Å². The van der Waals surface area contributed by atoms with Gasteiger partial charge in [0.05, 0.1) is 11.5 Å². The number of nitrogens with one attached hydrogen (secondary N) is 1. The first-order valence-electron chi connectivity index (χ1n) is 10.1. The predicted octanol–water partition coefficient (Wildman–Crippen LogP) is 5.70. The van der Waals surface area contributed by atoms with Crippen LogP contribution >= 0.6 is 11.8 Å². The molecule has 5 nitrogen and oxygen atoms in total. The van der Waals surface area contributed by atoms with E-state index in [0.717, 1.165) is 22.9 Å². The molecule has 1 fully saturated rings. The Morgan fingerprint density at radius 3 is 2.56 bits per heavy atom. The second-order valence-electron chi connectivity index (χ2n) is 6.85. The SMILES string of the molecule is CCOc1cc(/C=C2\SC(=Nc3ccccc3F)NC2=O)ccc1OCc1ccccc1. The molecule has 1 heterocycles. The summed E-state index contributed by atoms with van der Waals surface area (Å²) in [6, 6.07) is 21.6. The molecule has 162 valence electrons. The van der Waals surface area contributed by atoms with E-state index in [9.17, 15) is 9.18 Å². The number of amides is 1. The van der Waals surface area contributed by atoms with Crippen LogP contribution in [0.4, 0.5) is 10.1 Å². The number of nitrogens with zero attached hydrogens (tertiary/aromatic N) is 1. The van der Waals surface area contributed by atoms with Crippen molar-refractivity contribution in [2.75, 3.05) is 6.61 Å². The van der Waals surface area contributed by atoms with E-state index in [1.165, 1.54) is 6.07 Å². The molecule has 4 rings (SSSR count). The van der Waals surface area contributed by atoms with Gasteiger partial charge in [-0.2, -0.15) is 0 Å². The Labute approximate surface area is 190 Å². The predicted molar refractivity (Wildman–Crippen MR) is 126 cm³/mol. The summed E-state index contributed by atoms with van der Waals surface area (Å²) < 4.78 is 25.5. The maximum atomic E-state index is 13.8. The van der Waals surface area contributed by atoms with Gasteiger partial charge in [-0.05, 0) is 60.2 Å². The monoisotopic (exact) mass is 448 g/mol. The number of hydrogen-bond donors (Lipinski definition) is 1. The molecule has 1 saturated heterocycles. The Morgan fingerprint density at radius 1 is 1.00 bits per heavy atom. The highest BCUT2D eigenvalue weighted by molar-refractivity contribution is 8.18. The number of carbonyl (C=O) groups is 1. The zero-order chi connectivity index (χ0) is 22.3. The van der Waals surface area contributed by atoms with E-state index >= 15 is 0 Å². The van der Waals surface area contributed by atoms with Crippen molar-refractivity contribution >= 4 is 34.6 Å². The van der Waals surface area contributed by atoms with Crippen LogP contribution in [0.5, 0.6) is 11.5 Å². The van der Waals surface area contributed by atoms with Crippen molar-refractivity contribution in [3.05, 3.63) is 94.6 Å². The highest BCUT2D eigenvalue weighted by Gasteiger charge is 2.24. The van der Waals surface area contributed by atoms with Crippen molar-refractivity contribution in [3.8, 4) is 11.5 Å². The molecule has 0 bridgehead atoms. The molecule has 1 aliphatic rings. The van der Waals surface area contributed by atoms with E-state index in [-0.39, 0.29) is 11.6 Å². The molecule has 0 atom stereocenters. The zero-order valence-corrected chi connectivity index (χ0v) is 18.2. The van der Waals surface area contributed by atoms with Crippen molar-refractivity contribution < 1.29 is 18.7 Å². The summed E-state index contributed by atoms with van der Waals surface area (Å²) in [6.07, 6.45) is 1.74. The number of ether oxygens (including phenoxy) is 2. The van der Waals surface area contributed by atoms with Crippen LogP contribution in [0.15, 0.2) is 82.7 Å². The maximum absolute atomic E-state index is 13.8. The number of rotatable bonds is 7. The Hall–Kier alpha value is -3.58. The first-order valence-corrected chi connectivity index (χ1v) is 10.9. The van der Waals surface area contributed by atoms with Gasteiger partial charge in [-0.15, -0.1) is 0 Å². The second-order valence-corrected chi connectivity index (χ2v) is 7.88. The van der Waals surface area contributed by atoms with Gasteiger partial charge in [0.25, 0.3) is 5.91 Å². The summed E-state index contributed by atoms with van der Waals surface area (Å²) >= 11 is 1.16. The van der Waals surface area contributed by atoms with Crippen LogP contribution in [0.2, 0.25) is 0 Å². The number of halogens is 1. The van der Waals surface area contributed by atoms with E-state index in [1.807, 2.05) is 55.5 Å². The van der Waals surface area contributed by atoms with E-state index < -0.39 is 5.82 Å². The van der Waals surface area contributed by atoms with Crippen molar-refractivity contribution in [1.29, 1.82) is 0 Å². The number of thioether (sulfide) groups is 1. The lowest BCUT2D eigenvalue weighted by atomic mass is 10.2. The number of carbonyl (C=O) groups excluding carboxylic acids is 1. The fourth-order valence-electron chi connectivity index (χ4n) is 3.02. The molecule has 3 aromatic carbocycles. The molecule has 1 N–H and O–H groups in total. The third-order valence-corrected chi connectivity index (χ3v) is 5.44. The molecule has 1 amide bonds. The number of amidine groups is 1. The van der Waals surface area contributed by atoms with Crippen molar-refractivity contribution in [2.45, 2.75) is 13.5 Å². The molecule has 0 aromatic heterocycles. The van der Waals surface area contributed by atoms with E-state index in [2.05, 4.69) is 10.3 Å². The summed E-state index contributed by atoms with van der Waals surface area (Å²) in [5, 5.41) is 3.01. The van der Waals surface area contributed by atoms with Gasteiger partial charge in [0, 0.05) is 0 Å². The lowest BCUT2D eigenvalue weighted by Gasteiger charge is -2.13. The van der Waals surface area contributed by atoms with Gasteiger partial charge in [0.1, 0.15) is 18.1 Å². The Balaban J connectivity index is 1.52. The topological polar surface area (TPSA) is 59.9 Å². The molecular formula is C25H21FN2O3S. The molecule has 3 aromatic rings. The molecule has 1 aliphatic heterocycles. The minimum Gasteiger partial charge on any atom is -0.490 e. The zero-order valence-electron chi connectivity index (χ0n) is 17.4. The molecule has 0 saturated carbocycles. The standard InChI is InChI=1S/C25H21FN2O3S/c1-2-30-22-14-18(12-13-21(22)31-16-17-8-4-3-5-9-17)15-23-24(29)28-25(32-23)27-20-11-7-6-10-19(20)26/h3-15H,2,16H2,1H3,(H,27,28,29)/b23-15-. The largest absolute Gasteiger partial charge is 0.490 e. The van der Waals surface area contributed by atoms with E-state index in [4.69, 9.17) is 9.47 Å². The number of aliphatic imine (C=N–C) groups is 1. The first-order chi connectivity index (χ1) is 15.6. The van der Waals surface area contributed by atoms with Crippen molar-refractivity contribution in [2.24, 2.45) is 4.99 Å². The van der Waals surface area contributed by atoms with E-state index in [1.54, 1.807) is 24.3 Å². The highest BCUT2D eigenvalue weighted by atomic mass is 32.2. The van der Waals surface area contributed by atoms with Crippen LogP contribution < -0.4 is 14.8 Å². The van der Waals surface area contributed by atoms with E-state index in [0.29, 0.717) is 34.8 Å². The molecule has 0 radical (unpaired) electrons. The highest BCUT2D eigenvalue weighted by Crippen LogP contribution is 2.33. The van der Waals surface area contributed by atoms with Crippen molar-refractivity contribution in [3.63, 3.8) is 0 Å². The lowest BCUT2D eigenvalue weighted by molar-refractivity contribution is -0.115. The second kappa shape index (κ2) is 10.2. The smallest absolute Gasteiger partial charge is 0.264 e. The van der Waals surface area contributed by atoms with Gasteiger partial charge in [-0.3, -0.25) is 4.79 Å². The number of hydrogen-bond acceptors (Lipinski definition) is 5. The molecule has 0 unspecified atom stereocenters. The van der Waals surface area contributed by atoms with Crippen LogP contribution in [-0.4, -0.2) is 17.7 Å². The lowest BCUT2D eigenvalue weighted by Crippen LogP contribution is -2.19. The summed E-state index contributed by atoms with van der Waals surface area (Å²) in [5.74, 6) is 0.497. The van der Waals surface area contributed by atoms with Crippen LogP contribution in [0.1, 0.15) is 18.1 Å². The summed E-state index contributed by atoms with van der Waals surface area (Å²) in [5.41, 5.74) is 2.02. The summed E-state index contributed by atoms with van der Waals surface area (Å²) in [6.45, 7) is 2.81. The Morgan fingerprint density at radius 2 is 1.78 bits per heavy atom. The Bertz CT molecular complexity index is 1180. The quantitative estimate of drug-likeness (QED) is 0.472. The minimum atomic E-state index is -0.445. The molecule has 7 heteroatoms. The van der Waals surface area contributed by atoms with Gasteiger partial charge in [0.2, 0.25) is 0 Å². The van der Waals surface area contributed by atoms with Gasteiger partial charge in [-0.25, -0.2) is 9.38 Å². The molecule has 0 spiro atoms. The Kier molecular flexibility index (Phi) is 6.87. The summed E-state index contributed by atoms with van der Waals surface area (Å²) in [4.78, 5) is 17.0. The summed E-state index contributed by atoms with van der Waals surface area (Å²) in [7, 11) is 0. The van der Waals surface area contributed by atoms with Crippen LogP contribution in [-0.2, 0) is 11.4 Å². The third kappa shape index (κ3) is 5.36. The van der Waals surface area contributed by atoms with Gasteiger partial charge >= 0.3 is 0 Å². The molecule has 32 heavy (non-hydrogen) atoms. The van der Waals surface area contributed by atoms with Crippen LogP contribution in [0, 0.1) is 5.82 Å². The fourth-order valence-corrected chi connectivity index (χ4v) is 3.86. The minimum absolute atomic E-state index is 0.176. The average molecular weight is 449 g/mol. The first kappa shape index (κ1) is 21.6. The molecule has 0 aliphatic carbocycles. The number of para-hydroxylation sites is 1. The molecular weight excluding hydrogens is 427 g/mol. The number of benzene rings is 3. The van der Waals surface area contributed by atoms with Crippen LogP contribution in [0.3, 0.4) is 0 Å². The average Bonchev–Trinajstić information content (AvgIpc) is 3.14.